The maximum atomic E-state index is 13.2. The second kappa shape index (κ2) is 8.90. The van der Waals surface area contributed by atoms with Crippen molar-refractivity contribution in [2.24, 2.45) is 10.8 Å². The summed E-state index contributed by atoms with van der Waals surface area (Å²) in [5, 5.41) is 9.84. The Bertz CT molecular complexity index is 614. The van der Waals surface area contributed by atoms with Crippen molar-refractivity contribution in [3.63, 3.8) is 0 Å². The van der Waals surface area contributed by atoms with E-state index in [0.717, 1.165) is 4.90 Å². The number of carbonyl (C=O) groups excluding carboxylic acids is 3. The molecule has 1 aliphatic heterocycles. The Morgan fingerprint density at radius 2 is 1.43 bits per heavy atom. The van der Waals surface area contributed by atoms with Crippen LogP contribution in [0.1, 0.15) is 48.0 Å². The molecule has 28 heavy (non-hydrogen) atoms. The number of carbonyl (C=O) groups is 3. The van der Waals surface area contributed by atoms with Crippen LogP contribution in [-0.2, 0) is 37.5 Å². The maximum absolute atomic E-state index is 13.2. The average Bonchev–Trinajstić information content (AvgIpc) is 2.81. The van der Waals surface area contributed by atoms with Gasteiger partial charge in [0.2, 0.25) is 19.5 Å². The monoisotopic (exact) mass is 423 g/mol. The molecule has 11 heteroatoms. The quantitative estimate of drug-likeness (QED) is 0.370. The van der Waals surface area contributed by atoms with Gasteiger partial charge in [0.15, 0.2) is 0 Å². The van der Waals surface area contributed by atoms with Crippen molar-refractivity contribution in [1.29, 1.82) is 0 Å². The Balaban J connectivity index is 2.85. The van der Waals surface area contributed by atoms with E-state index >= 15 is 0 Å². The standard InChI is InChI=1S/C17H30NO9P/c1-16(2,3)14(21)24-9-26-28(23,11-8-12(19)18(7)13(11)20)27-10-25-15(22)17(4,5)6/h11-12,19H,8-10H2,1-7H3/t11-,12-/m0/s1. The molecule has 1 N–H and O–H groups in total. The number of ether oxygens (including phenoxy) is 2. The van der Waals surface area contributed by atoms with Crippen molar-refractivity contribution in [2.75, 3.05) is 20.6 Å². The van der Waals surface area contributed by atoms with Gasteiger partial charge in [-0.05, 0) is 41.5 Å². The second-order valence-electron chi connectivity index (χ2n) is 8.58. The molecule has 1 saturated heterocycles. The number of hydrogen-bond donors (Lipinski definition) is 1. The van der Waals surface area contributed by atoms with Crippen LogP contribution in [0.5, 0.6) is 0 Å². The summed E-state index contributed by atoms with van der Waals surface area (Å²) in [4.78, 5) is 37.0. The van der Waals surface area contributed by atoms with Crippen molar-refractivity contribution in [1.82, 2.24) is 4.90 Å². The molecule has 0 radical (unpaired) electrons. The maximum Gasteiger partial charge on any atom is 0.349 e. The SMILES string of the molecule is CN1C(=O)[C@@H](P(=O)(OCOC(=O)C(C)(C)C)OCOC(=O)C(C)(C)C)C[C@@H]1O. The van der Waals surface area contributed by atoms with Gasteiger partial charge in [-0.1, -0.05) is 0 Å². The third kappa shape index (κ3) is 6.27. The minimum Gasteiger partial charge on any atom is -0.438 e. The molecular formula is C17H30NO9P. The fraction of sp³-hybridized carbons (Fsp3) is 0.824. The molecule has 1 aliphatic rings. The summed E-state index contributed by atoms with van der Waals surface area (Å²) < 4.78 is 33.3. The molecule has 2 atom stereocenters. The second-order valence-corrected chi connectivity index (χ2v) is 10.8. The molecular weight excluding hydrogens is 393 g/mol. The van der Waals surface area contributed by atoms with Crippen molar-refractivity contribution >= 4 is 25.4 Å². The van der Waals surface area contributed by atoms with Crippen LogP contribution in [0.2, 0.25) is 0 Å². The fourth-order valence-corrected chi connectivity index (χ4v) is 3.79. The van der Waals surface area contributed by atoms with Gasteiger partial charge in [-0.25, -0.2) is 0 Å². The molecule has 1 fully saturated rings. The third-order valence-corrected chi connectivity index (χ3v) is 6.09. The van der Waals surface area contributed by atoms with E-state index in [1.807, 2.05) is 0 Å². The highest BCUT2D eigenvalue weighted by molar-refractivity contribution is 7.55. The lowest BCUT2D eigenvalue weighted by molar-refractivity contribution is -0.162. The predicted molar refractivity (Wildman–Crippen MR) is 97.8 cm³/mol. The normalized spacial score (nSPS) is 21.0. The topological polar surface area (TPSA) is 129 Å². The van der Waals surface area contributed by atoms with Crippen LogP contribution in [0.25, 0.3) is 0 Å². The molecule has 0 aliphatic carbocycles. The zero-order valence-electron chi connectivity index (χ0n) is 17.4. The molecule has 162 valence electrons. The molecule has 1 amide bonds. The van der Waals surface area contributed by atoms with Crippen LogP contribution in [0.3, 0.4) is 0 Å². The highest BCUT2D eigenvalue weighted by Gasteiger charge is 2.50. The van der Waals surface area contributed by atoms with Gasteiger partial charge in [-0.3, -0.25) is 28.0 Å². The lowest BCUT2D eigenvalue weighted by Gasteiger charge is -2.24. The third-order valence-electron chi connectivity index (χ3n) is 3.97. The fourth-order valence-electron chi connectivity index (χ4n) is 2.06. The molecule has 10 nitrogen and oxygen atoms in total. The first-order valence-electron chi connectivity index (χ1n) is 8.77. The summed E-state index contributed by atoms with van der Waals surface area (Å²) in [5.41, 5.74) is -2.93. The van der Waals surface area contributed by atoms with E-state index in [9.17, 15) is 24.1 Å². The Labute approximate surface area is 165 Å². The van der Waals surface area contributed by atoms with Gasteiger partial charge in [0.1, 0.15) is 11.9 Å². The number of likely N-dealkylation sites (tertiary alicyclic amines) is 1. The van der Waals surface area contributed by atoms with E-state index in [1.54, 1.807) is 41.5 Å². The number of aliphatic hydroxyl groups is 1. The summed E-state index contributed by atoms with van der Waals surface area (Å²) in [5.74, 6) is -1.86. The Morgan fingerprint density at radius 3 is 1.71 bits per heavy atom. The van der Waals surface area contributed by atoms with Gasteiger partial charge < -0.3 is 19.5 Å². The van der Waals surface area contributed by atoms with E-state index < -0.39 is 61.7 Å². The Morgan fingerprint density at radius 1 is 1.04 bits per heavy atom. The smallest absolute Gasteiger partial charge is 0.349 e. The molecule has 0 aromatic heterocycles. The summed E-state index contributed by atoms with van der Waals surface area (Å²) in [7, 11) is -2.88. The van der Waals surface area contributed by atoms with Crippen LogP contribution >= 0.6 is 7.60 Å². The average molecular weight is 423 g/mol. The van der Waals surface area contributed by atoms with Crippen molar-refractivity contribution in [3.8, 4) is 0 Å². The van der Waals surface area contributed by atoms with E-state index in [4.69, 9.17) is 18.5 Å². The van der Waals surface area contributed by atoms with Gasteiger partial charge in [-0.2, -0.15) is 0 Å². The molecule has 0 aromatic carbocycles. The number of esters is 2. The number of amides is 1. The number of rotatable bonds is 7. The number of aliphatic hydroxyl groups excluding tert-OH is 1. The van der Waals surface area contributed by atoms with E-state index in [0.29, 0.717) is 0 Å². The molecule has 1 rings (SSSR count). The largest absolute Gasteiger partial charge is 0.438 e. The van der Waals surface area contributed by atoms with Crippen LogP contribution in [0.4, 0.5) is 0 Å². The van der Waals surface area contributed by atoms with E-state index in [-0.39, 0.29) is 6.42 Å². The van der Waals surface area contributed by atoms with Gasteiger partial charge in [0, 0.05) is 13.5 Å². The number of hydrogen-bond acceptors (Lipinski definition) is 9. The minimum absolute atomic E-state index is 0.201. The highest BCUT2D eigenvalue weighted by atomic mass is 31.2. The van der Waals surface area contributed by atoms with E-state index in [1.165, 1.54) is 7.05 Å². The van der Waals surface area contributed by atoms with Crippen molar-refractivity contribution in [2.45, 2.75) is 59.9 Å². The van der Waals surface area contributed by atoms with Crippen LogP contribution in [-0.4, -0.2) is 60.4 Å². The highest BCUT2D eigenvalue weighted by Crippen LogP contribution is 2.57. The summed E-state index contributed by atoms with van der Waals surface area (Å²) in [6.45, 7) is 8.33. The van der Waals surface area contributed by atoms with Crippen LogP contribution in [0, 0.1) is 10.8 Å². The first-order chi connectivity index (χ1) is 12.6. The number of nitrogens with zero attached hydrogens (tertiary/aromatic N) is 1. The molecule has 0 unspecified atom stereocenters. The summed E-state index contributed by atoms with van der Waals surface area (Å²) >= 11 is 0. The van der Waals surface area contributed by atoms with Gasteiger partial charge >= 0.3 is 19.5 Å². The lowest BCUT2D eigenvalue weighted by atomic mass is 9.98. The van der Waals surface area contributed by atoms with Gasteiger partial charge in [-0.15, -0.1) is 0 Å². The molecule has 0 saturated carbocycles. The van der Waals surface area contributed by atoms with Crippen LogP contribution in [0.15, 0.2) is 0 Å². The minimum atomic E-state index is -4.22. The molecule has 1 heterocycles. The summed E-state index contributed by atoms with van der Waals surface area (Å²) in [6, 6.07) is 0. The van der Waals surface area contributed by atoms with Gasteiger partial charge in [0.05, 0.1) is 10.8 Å². The Kier molecular flexibility index (Phi) is 7.81. The first-order valence-corrected chi connectivity index (χ1v) is 10.4. The molecule has 0 spiro atoms. The zero-order valence-corrected chi connectivity index (χ0v) is 18.3. The predicted octanol–water partition coefficient (Wildman–Crippen LogP) is 1.86. The zero-order chi connectivity index (χ0) is 21.9. The molecule has 0 bridgehead atoms. The molecule has 0 aromatic rings. The Hall–Kier alpha value is -1.48. The van der Waals surface area contributed by atoms with Crippen molar-refractivity contribution < 1.29 is 42.6 Å². The summed E-state index contributed by atoms with van der Waals surface area (Å²) in [6.07, 6.45) is -1.36. The first kappa shape index (κ1) is 24.6. The van der Waals surface area contributed by atoms with Crippen LogP contribution < -0.4 is 0 Å². The lowest BCUT2D eigenvalue weighted by Crippen LogP contribution is -2.31. The van der Waals surface area contributed by atoms with Crippen molar-refractivity contribution in [3.05, 3.63) is 0 Å². The van der Waals surface area contributed by atoms with Gasteiger partial charge in [0.25, 0.3) is 0 Å². The van der Waals surface area contributed by atoms with E-state index in [2.05, 4.69) is 0 Å².